The lowest BCUT2D eigenvalue weighted by molar-refractivity contribution is 0.601. The summed E-state index contributed by atoms with van der Waals surface area (Å²) in [5, 5.41) is 11.2. The van der Waals surface area contributed by atoms with Gasteiger partial charge in [0.25, 0.3) is 10.0 Å². The highest BCUT2D eigenvalue weighted by Crippen LogP contribution is 2.23. The van der Waals surface area contributed by atoms with Crippen molar-refractivity contribution in [2.45, 2.75) is 25.7 Å². The van der Waals surface area contributed by atoms with E-state index in [0.717, 1.165) is 22.4 Å². The molecule has 1 heterocycles. The monoisotopic (exact) mass is 368 g/mol. The highest BCUT2D eigenvalue weighted by atomic mass is 32.2. The Kier molecular flexibility index (Phi) is 4.90. The first-order valence-corrected chi connectivity index (χ1v) is 9.60. The zero-order chi connectivity index (χ0) is 18.7. The van der Waals surface area contributed by atoms with Crippen molar-refractivity contribution in [3.05, 3.63) is 71.3 Å². The maximum Gasteiger partial charge on any atom is 0.263 e. The van der Waals surface area contributed by atoms with Crippen molar-refractivity contribution in [2.75, 3.05) is 10.0 Å². The largest absolute Gasteiger partial charge is 0.338 e. The Morgan fingerprint density at radius 1 is 0.769 bits per heavy atom. The molecule has 0 saturated carbocycles. The lowest BCUT2D eigenvalue weighted by Gasteiger charge is -2.12. The first-order chi connectivity index (χ1) is 12.3. The number of aromatic nitrogens is 2. The van der Waals surface area contributed by atoms with Gasteiger partial charge in [-0.2, -0.15) is 0 Å². The molecule has 3 rings (SSSR count). The zero-order valence-corrected chi connectivity index (χ0v) is 15.6. The van der Waals surface area contributed by atoms with E-state index in [-0.39, 0.29) is 10.7 Å². The van der Waals surface area contributed by atoms with Crippen molar-refractivity contribution in [1.29, 1.82) is 0 Å². The van der Waals surface area contributed by atoms with Crippen molar-refractivity contribution < 1.29 is 8.42 Å². The first-order valence-electron chi connectivity index (χ1n) is 8.11. The van der Waals surface area contributed by atoms with Crippen LogP contribution in [-0.2, 0) is 10.0 Å². The van der Waals surface area contributed by atoms with E-state index >= 15 is 0 Å². The van der Waals surface area contributed by atoms with Gasteiger partial charge in [0.05, 0.1) is 4.90 Å². The van der Waals surface area contributed by atoms with Crippen molar-refractivity contribution in [1.82, 2.24) is 10.2 Å². The van der Waals surface area contributed by atoms with Gasteiger partial charge in [0, 0.05) is 5.69 Å². The molecule has 1 aromatic heterocycles. The van der Waals surface area contributed by atoms with Gasteiger partial charge in [0.15, 0.2) is 11.6 Å². The van der Waals surface area contributed by atoms with Gasteiger partial charge in [-0.05, 0) is 56.2 Å². The molecule has 134 valence electrons. The summed E-state index contributed by atoms with van der Waals surface area (Å²) in [4.78, 5) is 0.183. The zero-order valence-electron chi connectivity index (χ0n) is 14.8. The fraction of sp³-hybridized carbons (Fsp3) is 0.158. The summed E-state index contributed by atoms with van der Waals surface area (Å²) in [5.41, 5.74) is 4.15. The van der Waals surface area contributed by atoms with Crippen molar-refractivity contribution in [3.8, 4) is 0 Å². The molecule has 0 aliphatic rings. The van der Waals surface area contributed by atoms with Crippen LogP contribution in [0.5, 0.6) is 0 Å². The fourth-order valence-corrected chi connectivity index (χ4v) is 3.50. The minimum Gasteiger partial charge on any atom is -0.338 e. The second-order valence-corrected chi connectivity index (χ2v) is 7.80. The van der Waals surface area contributed by atoms with E-state index in [2.05, 4.69) is 20.2 Å². The van der Waals surface area contributed by atoms with E-state index in [0.29, 0.717) is 5.82 Å². The molecule has 0 radical (unpaired) electrons. The topological polar surface area (TPSA) is 84.0 Å². The average Bonchev–Trinajstić information content (AvgIpc) is 2.60. The molecule has 0 unspecified atom stereocenters. The minimum absolute atomic E-state index is 0.164. The third-order valence-corrected chi connectivity index (χ3v) is 5.34. The van der Waals surface area contributed by atoms with Crippen molar-refractivity contribution in [2.24, 2.45) is 0 Å². The standard InChI is InChI=1S/C19H20N4O2S/c1-13-7-9-16(10-8-13)26(24,25)23-18-12-11-17(21-22-18)20-19-14(2)5-4-6-15(19)3/h4-12H,1-3H3,(H,20,21)(H,22,23). The molecular formula is C19H20N4O2S. The van der Waals surface area contributed by atoms with Gasteiger partial charge in [0.1, 0.15) is 0 Å². The van der Waals surface area contributed by atoms with E-state index in [9.17, 15) is 8.42 Å². The quantitative estimate of drug-likeness (QED) is 0.712. The van der Waals surface area contributed by atoms with Gasteiger partial charge >= 0.3 is 0 Å². The third-order valence-electron chi connectivity index (χ3n) is 3.97. The van der Waals surface area contributed by atoms with Gasteiger partial charge in [-0.15, -0.1) is 10.2 Å². The lowest BCUT2D eigenvalue weighted by atomic mass is 10.1. The van der Waals surface area contributed by atoms with E-state index in [1.807, 2.05) is 39.0 Å². The van der Waals surface area contributed by atoms with Crippen LogP contribution >= 0.6 is 0 Å². The predicted molar refractivity (Wildman–Crippen MR) is 103 cm³/mol. The number of nitrogens with zero attached hydrogens (tertiary/aromatic N) is 2. The van der Waals surface area contributed by atoms with E-state index in [1.165, 1.54) is 0 Å². The van der Waals surface area contributed by atoms with Gasteiger partial charge in [-0.3, -0.25) is 4.72 Å². The van der Waals surface area contributed by atoms with Gasteiger partial charge in [-0.25, -0.2) is 8.42 Å². The maximum atomic E-state index is 12.4. The number of para-hydroxylation sites is 1. The maximum absolute atomic E-state index is 12.4. The number of rotatable bonds is 5. The smallest absolute Gasteiger partial charge is 0.263 e. The molecule has 7 heteroatoms. The van der Waals surface area contributed by atoms with Crippen LogP contribution in [0.2, 0.25) is 0 Å². The molecule has 2 aromatic carbocycles. The van der Waals surface area contributed by atoms with Crippen molar-refractivity contribution in [3.63, 3.8) is 0 Å². The number of hydrogen-bond acceptors (Lipinski definition) is 5. The average molecular weight is 368 g/mol. The van der Waals surface area contributed by atoms with Gasteiger partial charge < -0.3 is 5.32 Å². The second kappa shape index (κ2) is 7.13. The Balaban J connectivity index is 1.76. The summed E-state index contributed by atoms with van der Waals surface area (Å²) >= 11 is 0. The Labute approximate surface area is 153 Å². The number of anilines is 3. The summed E-state index contributed by atoms with van der Waals surface area (Å²) in [5.74, 6) is 0.707. The summed E-state index contributed by atoms with van der Waals surface area (Å²) in [6, 6.07) is 15.9. The Morgan fingerprint density at radius 3 is 1.92 bits per heavy atom. The second-order valence-electron chi connectivity index (χ2n) is 6.11. The minimum atomic E-state index is -3.69. The third kappa shape index (κ3) is 4.00. The Hall–Kier alpha value is -2.93. The van der Waals surface area contributed by atoms with Crippen LogP contribution in [0, 0.1) is 20.8 Å². The first kappa shape index (κ1) is 17.9. The van der Waals surface area contributed by atoms with Gasteiger partial charge in [-0.1, -0.05) is 35.9 Å². The predicted octanol–water partition coefficient (Wildman–Crippen LogP) is 3.95. The summed E-state index contributed by atoms with van der Waals surface area (Å²) < 4.78 is 27.2. The van der Waals surface area contributed by atoms with Crippen molar-refractivity contribution >= 4 is 27.3 Å². The highest BCUT2D eigenvalue weighted by molar-refractivity contribution is 7.92. The summed E-state index contributed by atoms with van der Waals surface area (Å²) in [7, 11) is -3.69. The molecule has 0 spiro atoms. The van der Waals surface area contributed by atoms with E-state index in [1.54, 1.807) is 36.4 Å². The molecule has 0 bridgehead atoms. The van der Waals surface area contributed by atoms with E-state index < -0.39 is 10.0 Å². The molecular weight excluding hydrogens is 348 g/mol. The Morgan fingerprint density at radius 2 is 1.35 bits per heavy atom. The van der Waals surface area contributed by atoms with Crippen LogP contribution in [0.25, 0.3) is 0 Å². The molecule has 6 nitrogen and oxygen atoms in total. The number of aryl methyl sites for hydroxylation is 3. The van der Waals surface area contributed by atoms with Crippen LogP contribution in [0.1, 0.15) is 16.7 Å². The Bertz CT molecular complexity index is 994. The van der Waals surface area contributed by atoms with Gasteiger partial charge in [0.2, 0.25) is 0 Å². The van der Waals surface area contributed by atoms with Crippen LogP contribution in [0.4, 0.5) is 17.3 Å². The highest BCUT2D eigenvalue weighted by Gasteiger charge is 2.15. The molecule has 0 aliphatic heterocycles. The number of nitrogens with one attached hydrogen (secondary N) is 2. The SMILES string of the molecule is Cc1ccc(S(=O)(=O)Nc2ccc(Nc3c(C)cccc3C)nn2)cc1. The molecule has 0 fully saturated rings. The molecule has 0 amide bonds. The molecule has 0 aliphatic carbocycles. The molecule has 3 aromatic rings. The number of sulfonamides is 1. The van der Waals surface area contributed by atoms with Crippen LogP contribution < -0.4 is 10.0 Å². The summed E-state index contributed by atoms with van der Waals surface area (Å²) in [6.07, 6.45) is 0. The van der Waals surface area contributed by atoms with Crippen LogP contribution in [-0.4, -0.2) is 18.6 Å². The van der Waals surface area contributed by atoms with Crippen LogP contribution in [0.3, 0.4) is 0 Å². The number of hydrogen-bond donors (Lipinski definition) is 2. The van der Waals surface area contributed by atoms with Crippen LogP contribution in [0.15, 0.2) is 59.5 Å². The molecule has 0 atom stereocenters. The molecule has 2 N–H and O–H groups in total. The van der Waals surface area contributed by atoms with E-state index in [4.69, 9.17) is 0 Å². The molecule has 26 heavy (non-hydrogen) atoms. The molecule has 0 saturated heterocycles. The summed E-state index contributed by atoms with van der Waals surface area (Å²) in [6.45, 7) is 5.91. The normalized spacial score (nSPS) is 11.2. The number of benzene rings is 2. The lowest BCUT2D eigenvalue weighted by Crippen LogP contribution is -2.14. The fourth-order valence-electron chi connectivity index (χ4n) is 2.51.